The van der Waals surface area contributed by atoms with Crippen molar-refractivity contribution < 1.29 is 13.2 Å². The van der Waals surface area contributed by atoms with E-state index < -0.39 is 22.0 Å². The molecule has 1 saturated heterocycles. The van der Waals surface area contributed by atoms with Gasteiger partial charge in [0.2, 0.25) is 15.9 Å². The van der Waals surface area contributed by atoms with Gasteiger partial charge in [0, 0.05) is 24.1 Å². The first-order valence-corrected chi connectivity index (χ1v) is 7.94. The van der Waals surface area contributed by atoms with Crippen LogP contribution in [0.1, 0.15) is 0 Å². The molecule has 0 aromatic heterocycles. The van der Waals surface area contributed by atoms with E-state index in [-0.39, 0.29) is 18.0 Å². The normalized spacial score (nSPS) is 21.2. The third-order valence-electron chi connectivity index (χ3n) is 2.95. The molecule has 2 rings (SSSR count). The van der Waals surface area contributed by atoms with Crippen molar-refractivity contribution in [3.8, 4) is 0 Å². The fourth-order valence-electron chi connectivity index (χ4n) is 2.00. The lowest BCUT2D eigenvalue weighted by atomic mass is 10.2. The Labute approximate surface area is 120 Å². The summed E-state index contributed by atoms with van der Waals surface area (Å²) < 4.78 is 26.8. The van der Waals surface area contributed by atoms with Gasteiger partial charge in [0.05, 0.1) is 4.90 Å². The fraction of sp³-hybridized carbons (Fsp3) is 0.364. The Kier molecular flexibility index (Phi) is 4.24. The van der Waals surface area contributed by atoms with Gasteiger partial charge in [-0.3, -0.25) is 4.79 Å². The summed E-state index contributed by atoms with van der Waals surface area (Å²) in [4.78, 5) is 11.5. The molecule has 1 aromatic carbocycles. The van der Waals surface area contributed by atoms with E-state index >= 15 is 0 Å². The van der Waals surface area contributed by atoms with Crippen LogP contribution in [-0.2, 0) is 14.8 Å². The average molecular weight is 348 g/mol. The lowest BCUT2D eigenvalue weighted by Gasteiger charge is -2.33. The summed E-state index contributed by atoms with van der Waals surface area (Å²) in [7, 11) is -3.74. The first-order valence-electron chi connectivity index (χ1n) is 5.71. The van der Waals surface area contributed by atoms with Crippen LogP contribution in [0.4, 0.5) is 0 Å². The van der Waals surface area contributed by atoms with Crippen molar-refractivity contribution in [1.29, 1.82) is 0 Å². The van der Waals surface area contributed by atoms with Crippen molar-refractivity contribution in [3.63, 3.8) is 0 Å². The van der Waals surface area contributed by atoms with E-state index in [9.17, 15) is 13.2 Å². The number of halogens is 1. The summed E-state index contributed by atoms with van der Waals surface area (Å²) in [5.74, 6) is -0.650. The number of amides is 1. The zero-order valence-corrected chi connectivity index (χ0v) is 12.4. The van der Waals surface area contributed by atoms with Gasteiger partial charge in [-0.1, -0.05) is 12.1 Å². The maximum absolute atomic E-state index is 12.6. The second kappa shape index (κ2) is 5.58. The maximum Gasteiger partial charge on any atom is 0.245 e. The molecule has 0 radical (unpaired) electrons. The number of carbonyl (C=O) groups excluding carboxylic acids is 1. The van der Waals surface area contributed by atoms with Crippen molar-refractivity contribution >= 4 is 31.9 Å². The second-order valence-corrected chi connectivity index (χ2v) is 6.88. The van der Waals surface area contributed by atoms with Crippen LogP contribution in [0.25, 0.3) is 0 Å². The van der Waals surface area contributed by atoms with Crippen LogP contribution in [0, 0.1) is 0 Å². The molecule has 1 amide bonds. The molecule has 1 aromatic rings. The van der Waals surface area contributed by atoms with E-state index in [0.717, 1.165) is 4.31 Å². The number of nitrogens with two attached hydrogens (primary N) is 1. The number of carbonyl (C=O) groups is 1. The number of sulfonamides is 1. The van der Waals surface area contributed by atoms with Crippen molar-refractivity contribution in [2.24, 2.45) is 5.73 Å². The van der Waals surface area contributed by atoms with Crippen LogP contribution in [0.2, 0.25) is 0 Å². The minimum atomic E-state index is -3.74. The Balaban J connectivity index is 2.43. The number of primary amides is 1. The van der Waals surface area contributed by atoms with Crippen LogP contribution < -0.4 is 11.1 Å². The SMILES string of the molecule is NC(=O)C1CNCCN1S(=O)(=O)c1ccccc1Br. The van der Waals surface area contributed by atoms with Gasteiger partial charge in [-0.15, -0.1) is 0 Å². The van der Waals surface area contributed by atoms with Crippen molar-refractivity contribution in [2.45, 2.75) is 10.9 Å². The Bertz CT molecular complexity index is 591. The average Bonchev–Trinajstić information content (AvgIpc) is 2.39. The third-order valence-corrected chi connectivity index (χ3v) is 5.87. The molecule has 0 saturated carbocycles. The molecule has 1 aliphatic heterocycles. The zero-order chi connectivity index (χ0) is 14.0. The summed E-state index contributed by atoms with van der Waals surface area (Å²) in [6.07, 6.45) is 0. The summed E-state index contributed by atoms with van der Waals surface area (Å²) in [6.45, 7) is 0.948. The van der Waals surface area contributed by atoms with Gasteiger partial charge < -0.3 is 11.1 Å². The largest absolute Gasteiger partial charge is 0.368 e. The van der Waals surface area contributed by atoms with E-state index in [1.807, 2.05) is 0 Å². The first-order chi connectivity index (χ1) is 8.94. The number of benzene rings is 1. The van der Waals surface area contributed by atoms with Crippen LogP contribution in [0.3, 0.4) is 0 Å². The van der Waals surface area contributed by atoms with E-state index in [4.69, 9.17) is 5.73 Å². The number of piperazine rings is 1. The minimum absolute atomic E-state index is 0.142. The molecule has 0 spiro atoms. The van der Waals surface area contributed by atoms with Gasteiger partial charge in [0.1, 0.15) is 6.04 Å². The highest BCUT2D eigenvalue weighted by Crippen LogP contribution is 2.26. The molecule has 1 heterocycles. The molecule has 1 unspecified atom stereocenters. The highest BCUT2D eigenvalue weighted by molar-refractivity contribution is 9.10. The van der Waals surface area contributed by atoms with Crippen molar-refractivity contribution in [2.75, 3.05) is 19.6 Å². The van der Waals surface area contributed by atoms with Gasteiger partial charge in [-0.05, 0) is 28.1 Å². The van der Waals surface area contributed by atoms with Gasteiger partial charge >= 0.3 is 0 Å². The minimum Gasteiger partial charge on any atom is -0.368 e. The Morgan fingerprint density at radius 2 is 2.11 bits per heavy atom. The summed E-state index contributed by atoms with van der Waals surface area (Å²) >= 11 is 3.22. The van der Waals surface area contributed by atoms with E-state index in [2.05, 4.69) is 21.2 Å². The van der Waals surface area contributed by atoms with Crippen LogP contribution in [-0.4, -0.2) is 44.3 Å². The highest BCUT2D eigenvalue weighted by Gasteiger charge is 2.37. The Hall–Kier alpha value is -0.960. The van der Waals surface area contributed by atoms with E-state index in [1.165, 1.54) is 6.07 Å². The smallest absolute Gasteiger partial charge is 0.245 e. The zero-order valence-electron chi connectivity index (χ0n) is 10.0. The quantitative estimate of drug-likeness (QED) is 0.798. The third kappa shape index (κ3) is 2.81. The number of hydrogen-bond donors (Lipinski definition) is 2. The maximum atomic E-state index is 12.6. The van der Waals surface area contributed by atoms with Gasteiger partial charge in [-0.2, -0.15) is 4.31 Å². The molecule has 0 aliphatic carbocycles. The standard InChI is InChI=1S/C11H14BrN3O3S/c12-8-3-1-2-4-10(8)19(17,18)15-6-5-14-7-9(15)11(13)16/h1-4,9,14H,5-7H2,(H2,13,16). The van der Waals surface area contributed by atoms with Crippen LogP contribution in [0.15, 0.2) is 33.6 Å². The van der Waals surface area contributed by atoms with Gasteiger partial charge in [-0.25, -0.2) is 8.42 Å². The first kappa shape index (κ1) is 14.4. The predicted octanol–water partition coefficient (Wildman–Crippen LogP) is -0.103. The number of hydrogen-bond acceptors (Lipinski definition) is 4. The van der Waals surface area contributed by atoms with Gasteiger partial charge in [0.15, 0.2) is 0 Å². The van der Waals surface area contributed by atoms with Crippen LogP contribution in [0.5, 0.6) is 0 Å². The van der Waals surface area contributed by atoms with Gasteiger partial charge in [0.25, 0.3) is 0 Å². The Morgan fingerprint density at radius 3 is 2.74 bits per heavy atom. The topological polar surface area (TPSA) is 92.5 Å². The highest BCUT2D eigenvalue weighted by atomic mass is 79.9. The second-order valence-electron chi connectivity index (χ2n) is 4.17. The lowest BCUT2D eigenvalue weighted by molar-refractivity contribution is -0.122. The fourth-order valence-corrected chi connectivity index (χ4v) is 4.56. The number of nitrogens with zero attached hydrogens (tertiary/aromatic N) is 1. The van der Waals surface area contributed by atoms with E-state index in [1.54, 1.807) is 18.2 Å². The summed E-state index contributed by atoms with van der Waals surface area (Å²) in [6, 6.07) is 5.66. The molecule has 1 aliphatic rings. The lowest BCUT2D eigenvalue weighted by Crippen LogP contribution is -2.58. The molecule has 3 N–H and O–H groups in total. The summed E-state index contributed by atoms with van der Waals surface area (Å²) in [5, 5.41) is 2.97. The monoisotopic (exact) mass is 347 g/mol. The van der Waals surface area contributed by atoms with Crippen molar-refractivity contribution in [1.82, 2.24) is 9.62 Å². The predicted molar refractivity (Wildman–Crippen MR) is 73.9 cm³/mol. The molecule has 19 heavy (non-hydrogen) atoms. The number of nitrogens with one attached hydrogen (secondary N) is 1. The molecule has 0 bridgehead atoms. The van der Waals surface area contributed by atoms with Crippen LogP contribution >= 0.6 is 15.9 Å². The molecular formula is C11H14BrN3O3S. The molecule has 8 heteroatoms. The molecule has 6 nitrogen and oxygen atoms in total. The molecule has 1 atom stereocenters. The molecular weight excluding hydrogens is 334 g/mol. The summed E-state index contributed by atoms with van der Waals surface area (Å²) in [5.41, 5.74) is 5.27. The number of rotatable bonds is 3. The van der Waals surface area contributed by atoms with E-state index in [0.29, 0.717) is 11.0 Å². The Morgan fingerprint density at radius 1 is 1.42 bits per heavy atom. The molecule has 1 fully saturated rings. The van der Waals surface area contributed by atoms with Crippen molar-refractivity contribution in [3.05, 3.63) is 28.7 Å². The molecule has 104 valence electrons.